The van der Waals surface area contributed by atoms with E-state index in [0.29, 0.717) is 0 Å². The molecule has 1 aliphatic rings. The Labute approximate surface area is 116 Å². The second-order valence-corrected chi connectivity index (χ2v) is 7.00. The van der Waals surface area contributed by atoms with Crippen molar-refractivity contribution in [3.8, 4) is 0 Å². The molecule has 1 aromatic rings. The molecular formula is C11H13Cl2NO3S. The predicted octanol–water partition coefficient (Wildman–Crippen LogP) is 2.27. The van der Waals surface area contributed by atoms with Crippen molar-refractivity contribution in [2.45, 2.75) is 30.4 Å². The lowest BCUT2D eigenvalue weighted by atomic mass is 10.2. The van der Waals surface area contributed by atoms with Crippen LogP contribution in [-0.2, 0) is 16.6 Å². The normalized spacial score (nSPS) is 16.3. The Morgan fingerprint density at radius 3 is 2.50 bits per heavy atom. The molecule has 0 amide bonds. The maximum atomic E-state index is 12.3. The molecule has 2 rings (SSSR count). The number of aliphatic hydroxyl groups is 1. The lowest BCUT2D eigenvalue weighted by Crippen LogP contribution is -2.29. The molecule has 0 bridgehead atoms. The first-order chi connectivity index (χ1) is 8.39. The summed E-state index contributed by atoms with van der Waals surface area (Å²) >= 11 is 11.9. The van der Waals surface area contributed by atoms with Crippen LogP contribution < -0.4 is 0 Å². The lowest BCUT2D eigenvalue weighted by Gasteiger charge is -2.18. The molecule has 0 atom stereocenters. The van der Waals surface area contributed by atoms with Crippen molar-refractivity contribution in [3.05, 3.63) is 27.7 Å². The first-order valence-electron chi connectivity index (χ1n) is 5.45. The van der Waals surface area contributed by atoms with Crippen molar-refractivity contribution in [2.24, 2.45) is 0 Å². The quantitative estimate of drug-likeness (QED) is 0.928. The molecule has 0 aliphatic heterocycles. The summed E-state index contributed by atoms with van der Waals surface area (Å²) in [6, 6.07) is 2.87. The minimum absolute atomic E-state index is 0.00231. The van der Waals surface area contributed by atoms with Gasteiger partial charge in [0.25, 0.3) is 0 Å². The summed E-state index contributed by atoms with van der Waals surface area (Å²) in [5.74, 6) is 0. The number of hydrogen-bond donors (Lipinski definition) is 1. The lowest BCUT2D eigenvalue weighted by molar-refractivity contribution is 0.281. The zero-order chi connectivity index (χ0) is 13.5. The van der Waals surface area contributed by atoms with Crippen LogP contribution in [0.5, 0.6) is 0 Å². The van der Waals surface area contributed by atoms with E-state index in [4.69, 9.17) is 23.2 Å². The summed E-state index contributed by atoms with van der Waals surface area (Å²) in [6.07, 6.45) is 1.74. The van der Waals surface area contributed by atoms with E-state index >= 15 is 0 Å². The fraction of sp³-hybridized carbons (Fsp3) is 0.455. The highest BCUT2D eigenvalue weighted by molar-refractivity contribution is 7.89. The third-order valence-corrected chi connectivity index (χ3v) is 5.88. The van der Waals surface area contributed by atoms with E-state index in [1.165, 1.54) is 23.5 Å². The van der Waals surface area contributed by atoms with E-state index in [1.54, 1.807) is 0 Å². The maximum absolute atomic E-state index is 12.3. The molecule has 18 heavy (non-hydrogen) atoms. The van der Waals surface area contributed by atoms with E-state index in [2.05, 4.69) is 0 Å². The van der Waals surface area contributed by atoms with Crippen LogP contribution in [0.2, 0.25) is 10.0 Å². The van der Waals surface area contributed by atoms with Gasteiger partial charge in [-0.25, -0.2) is 8.42 Å². The van der Waals surface area contributed by atoms with Gasteiger partial charge in [0, 0.05) is 23.7 Å². The van der Waals surface area contributed by atoms with Gasteiger partial charge in [-0.1, -0.05) is 23.2 Å². The zero-order valence-electron chi connectivity index (χ0n) is 9.73. The monoisotopic (exact) mass is 309 g/mol. The van der Waals surface area contributed by atoms with Crippen molar-refractivity contribution >= 4 is 33.2 Å². The number of benzene rings is 1. The summed E-state index contributed by atoms with van der Waals surface area (Å²) in [6.45, 7) is -0.395. The van der Waals surface area contributed by atoms with Crippen LogP contribution in [-0.4, -0.2) is 30.9 Å². The maximum Gasteiger partial charge on any atom is 0.244 e. The second kappa shape index (κ2) is 4.98. The summed E-state index contributed by atoms with van der Waals surface area (Å²) < 4.78 is 26.0. The molecule has 1 aliphatic carbocycles. The topological polar surface area (TPSA) is 57.6 Å². The van der Waals surface area contributed by atoms with Gasteiger partial charge in [-0.2, -0.15) is 4.31 Å². The van der Waals surface area contributed by atoms with Gasteiger partial charge in [-0.15, -0.1) is 0 Å². The Morgan fingerprint density at radius 2 is 2.00 bits per heavy atom. The minimum atomic E-state index is -3.62. The SMILES string of the molecule is CN(C1CC1)S(=O)(=O)c1ccc(Cl)c(CO)c1Cl. The molecular weight excluding hydrogens is 297 g/mol. The van der Waals surface area contributed by atoms with E-state index < -0.39 is 16.6 Å². The van der Waals surface area contributed by atoms with Crippen molar-refractivity contribution in [1.29, 1.82) is 0 Å². The van der Waals surface area contributed by atoms with Crippen molar-refractivity contribution in [3.63, 3.8) is 0 Å². The van der Waals surface area contributed by atoms with Gasteiger partial charge in [0.2, 0.25) is 10.0 Å². The molecule has 4 nitrogen and oxygen atoms in total. The summed E-state index contributed by atoms with van der Waals surface area (Å²) in [7, 11) is -2.09. The molecule has 0 spiro atoms. The fourth-order valence-electron chi connectivity index (χ4n) is 1.71. The summed E-state index contributed by atoms with van der Waals surface area (Å²) in [4.78, 5) is -0.00739. The van der Waals surface area contributed by atoms with Gasteiger partial charge in [0.15, 0.2) is 0 Å². The van der Waals surface area contributed by atoms with Gasteiger partial charge < -0.3 is 5.11 Å². The molecule has 1 aromatic carbocycles. The average Bonchev–Trinajstić information content (AvgIpc) is 3.12. The highest BCUT2D eigenvalue weighted by Gasteiger charge is 2.36. The molecule has 0 aromatic heterocycles. The third kappa shape index (κ3) is 2.38. The van der Waals surface area contributed by atoms with Crippen LogP contribution in [0, 0.1) is 0 Å². The molecule has 0 radical (unpaired) electrons. The van der Waals surface area contributed by atoms with E-state index in [-0.39, 0.29) is 26.5 Å². The molecule has 0 saturated heterocycles. The second-order valence-electron chi connectivity index (χ2n) is 4.25. The van der Waals surface area contributed by atoms with Crippen LogP contribution in [0.1, 0.15) is 18.4 Å². The van der Waals surface area contributed by atoms with Crippen LogP contribution in [0.4, 0.5) is 0 Å². The minimum Gasteiger partial charge on any atom is -0.392 e. The van der Waals surface area contributed by atoms with E-state index in [9.17, 15) is 13.5 Å². The molecule has 0 unspecified atom stereocenters. The number of rotatable bonds is 4. The van der Waals surface area contributed by atoms with Gasteiger partial charge in [0.05, 0.1) is 11.6 Å². The number of sulfonamides is 1. The number of nitrogens with zero attached hydrogens (tertiary/aromatic N) is 1. The largest absolute Gasteiger partial charge is 0.392 e. The Kier molecular flexibility index (Phi) is 3.90. The van der Waals surface area contributed by atoms with Crippen LogP contribution in [0.15, 0.2) is 17.0 Å². The van der Waals surface area contributed by atoms with Gasteiger partial charge in [-0.3, -0.25) is 0 Å². The van der Waals surface area contributed by atoms with Gasteiger partial charge >= 0.3 is 0 Å². The van der Waals surface area contributed by atoms with Crippen molar-refractivity contribution in [2.75, 3.05) is 7.05 Å². The van der Waals surface area contributed by atoms with Gasteiger partial charge in [0.1, 0.15) is 4.90 Å². The Bertz CT molecular complexity index is 570. The zero-order valence-corrected chi connectivity index (χ0v) is 12.1. The molecule has 1 saturated carbocycles. The van der Waals surface area contributed by atoms with Crippen LogP contribution in [0.25, 0.3) is 0 Å². The Balaban J connectivity index is 2.51. The first kappa shape index (κ1) is 14.1. The Morgan fingerprint density at radius 1 is 1.39 bits per heavy atom. The standard InChI is InChI=1S/C11H13Cl2NO3S/c1-14(7-2-3-7)18(16,17)10-5-4-9(12)8(6-15)11(10)13/h4-5,7,15H,2-3,6H2,1H3. The van der Waals surface area contributed by atoms with Crippen molar-refractivity contribution < 1.29 is 13.5 Å². The highest BCUT2D eigenvalue weighted by atomic mass is 35.5. The van der Waals surface area contributed by atoms with Gasteiger partial charge in [-0.05, 0) is 25.0 Å². The third-order valence-electron chi connectivity index (χ3n) is 3.03. The van der Waals surface area contributed by atoms with Crippen LogP contribution >= 0.6 is 23.2 Å². The number of hydrogen-bond acceptors (Lipinski definition) is 3. The summed E-state index contributed by atoms with van der Waals surface area (Å²) in [5.41, 5.74) is 0.239. The molecule has 1 fully saturated rings. The highest BCUT2D eigenvalue weighted by Crippen LogP contribution is 2.36. The molecule has 1 N–H and O–H groups in total. The first-order valence-corrected chi connectivity index (χ1v) is 7.65. The van der Waals surface area contributed by atoms with E-state index in [0.717, 1.165) is 12.8 Å². The molecule has 100 valence electrons. The van der Waals surface area contributed by atoms with E-state index in [1.807, 2.05) is 0 Å². The molecule has 7 heteroatoms. The average molecular weight is 310 g/mol. The Hall–Kier alpha value is -0.330. The summed E-state index contributed by atoms with van der Waals surface area (Å²) in [5, 5.41) is 9.43. The smallest absolute Gasteiger partial charge is 0.244 e. The molecule has 0 heterocycles. The number of aliphatic hydroxyl groups excluding tert-OH is 1. The van der Waals surface area contributed by atoms with Crippen LogP contribution in [0.3, 0.4) is 0 Å². The predicted molar refractivity (Wildman–Crippen MR) is 70.4 cm³/mol. The fourth-order valence-corrected chi connectivity index (χ4v) is 4.00. The number of halogens is 2. The van der Waals surface area contributed by atoms with Crippen molar-refractivity contribution in [1.82, 2.24) is 4.31 Å².